The lowest BCUT2D eigenvalue weighted by Crippen LogP contribution is -1.68. The van der Waals surface area contributed by atoms with E-state index in [4.69, 9.17) is 0 Å². The average molecular weight is 150 g/mol. The first-order valence-electron chi connectivity index (χ1n) is 2.77. The SMILES string of the molecule is [c]1nc(-c2cn[nH]c2)cs1. The summed E-state index contributed by atoms with van der Waals surface area (Å²) in [5.74, 6) is 0. The number of nitrogens with one attached hydrogen (secondary N) is 1. The topological polar surface area (TPSA) is 41.6 Å². The van der Waals surface area contributed by atoms with Crippen LogP contribution < -0.4 is 0 Å². The highest BCUT2D eigenvalue weighted by Gasteiger charge is 1.98. The van der Waals surface area contributed by atoms with Gasteiger partial charge < -0.3 is 0 Å². The van der Waals surface area contributed by atoms with Crippen LogP contribution in [0.1, 0.15) is 0 Å². The Bertz CT molecular complexity index is 252. The standard InChI is InChI=1S/C6H4N3S/c1-5(2-9-8-1)6-3-10-4-7-6/h1-3H,(H,8,9). The fourth-order valence-corrected chi connectivity index (χ4v) is 1.21. The quantitative estimate of drug-likeness (QED) is 0.666. The van der Waals surface area contributed by atoms with Crippen molar-refractivity contribution in [1.82, 2.24) is 15.2 Å². The molecule has 0 unspecified atom stereocenters. The molecule has 2 aromatic rings. The highest BCUT2D eigenvalue weighted by molar-refractivity contribution is 7.07. The fourth-order valence-electron chi connectivity index (χ4n) is 0.708. The van der Waals surface area contributed by atoms with Crippen LogP contribution in [-0.2, 0) is 0 Å². The number of thiazole rings is 1. The van der Waals surface area contributed by atoms with E-state index in [9.17, 15) is 0 Å². The highest BCUT2D eigenvalue weighted by atomic mass is 32.1. The summed E-state index contributed by atoms with van der Waals surface area (Å²) in [6.45, 7) is 0. The second-order valence-electron chi connectivity index (χ2n) is 1.81. The number of hydrogen-bond donors (Lipinski definition) is 1. The van der Waals surface area contributed by atoms with E-state index in [-0.39, 0.29) is 0 Å². The van der Waals surface area contributed by atoms with Gasteiger partial charge in [-0.15, -0.1) is 11.3 Å². The Labute approximate surface area is 61.7 Å². The molecule has 4 heteroatoms. The van der Waals surface area contributed by atoms with E-state index in [0.717, 1.165) is 11.3 Å². The molecule has 2 heterocycles. The molecule has 1 radical (unpaired) electrons. The molecule has 10 heavy (non-hydrogen) atoms. The van der Waals surface area contributed by atoms with E-state index >= 15 is 0 Å². The van der Waals surface area contributed by atoms with Gasteiger partial charge in [0.15, 0.2) is 5.51 Å². The monoisotopic (exact) mass is 150 g/mol. The van der Waals surface area contributed by atoms with Crippen molar-refractivity contribution >= 4 is 11.3 Å². The Morgan fingerprint density at radius 2 is 2.60 bits per heavy atom. The van der Waals surface area contributed by atoms with Crippen LogP contribution in [0.4, 0.5) is 0 Å². The minimum Gasteiger partial charge on any atom is -0.285 e. The summed E-state index contributed by atoms with van der Waals surface area (Å²) in [5, 5.41) is 8.46. The van der Waals surface area contributed by atoms with Crippen molar-refractivity contribution in [2.45, 2.75) is 0 Å². The van der Waals surface area contributed by atoms with E-state index in [1.54, 1.807) is 6.20 Å². The molecule has 2 rings (SSSR count). The van der Waals surface area contributed by atoms with Gasteiger partial charge >= 0.3 is 0 Å². The lowest BCUT2D eigenvalue weighted by atomic mass is 10.3. The molecule has 1 N–H and O–H groups in total. The summed E-state index contributed by atoms with van der Waals surface area (Å²) in [7, 11) is 0. The van der Waals surface area contributed by atoms with Crippen molar-refractivity contribution in [3.63, 3.8) is 0 Å². The number of nitrogens with zero attached hydrogens (tertiary/aromatic N) is 2. The number of rotatable bonds is 1. The van der Waals surface area contributed by atoms with Crippen LogP contribution >= 0.6 is 11.3 Å². The van der Waals surface area contributed by atoms with E-state index < -0.39 is 0 Å². The molecule has 0 fully saturated rings. The first-order valence-corrected chi connectivity index (χ1v) is 3.65. The maximum Gasteiger partial charge on any atom is 0.152 e. The van der Waals surface area contributed by atoms with Gasteiger partial charge in [-0.2, -0.15) is 5.10 Å². The van der Waals surface area contributed by atoms with E-state index in [2.05, 4.69) is 20.7 Å². The van der Waals surface area contributed by atoms with Crippen molar-refractivity contribution < 1.29 is 0 Å². The molecule has 0 aliphatic rings. The third-order valence-electron chi connectivity index (χ3n) is 1.18. The van der Waals surface area contributed by atoms with Gasteiger partial charge in [0.1, 0.15) is 0 Å². The average Bonchev–Trinajstić information content (AvgIpc) is 2.59. The van der Waals surface area contributed by atoms with Crippen molar-refractivity contribution in [3.8, 4) is 11.3 Å². The molecule has 3 nitrogen and oxygen atoms in total. The molecule has 0 atom stereocenters. The van der Waals surface area contributed by atoms with Crippen LogP contribution in [-0.4, -0.2) is 15.2 Å². The predicted molar refractivity (Wildman–Crippen MR) is 38.5 cm³/mol. The molecule has 0 aromatic carbocycles. The Morgan fingerprint density at radius 1 is 1.60 bits per heavy atom. The first kappa shape index (κ1) is 5.61. The second kappa shape index (κ2) is 2.22. The van der Waals surface area contributed by atoms with Crippen LogP contribution in [0.3, 0.4) is 0 Å². The van der Waals surface area contributed by atoms with Gasteiger partial charge in [0.05, 0.1) is 11.9 Å². The zero-order valence-electron chi connectivity index (χ0n) is 5.03. The smallest absolute Gasteiger partial charge is 0.152 e. The lowest BCUT2D eigenvalue weighted by Gasteiger charge is -1.82. The molecule has 0 bridgehead atoms. The number of H-pyrrole nitrogens is 1. The van der Waals surface area contributed by atoms with Crippen LogP contribution in [0.15, 0.2) is 17.8 Å². The minimum absolute atomic E-state index is 0.929. The predicted octanol–water partition coefficient (Wildman–Crippen LogP) is 1.33. The van der Waals surface area contributed by atoms with Gasteiger partial charge in [-0.05, 0) is 0 Å². The zero-order chi connectivity index (χ0) is 6.81. The Kier molecular flexibility index (Phi) is 1.25. The molecule has 0 spiro atoms. The molecule has 0 amide bonds. The molecule has 2 aromatic heterocycles. The maximum absolute atomic E-state index is 3.99. The van der Waals surface area contributed by atoms with Crippen molar-refractivity contribution in [2.24, 2.45) is 0 Å². The van der Waals surface area contributed by atoms with Crippen molar-refractivity contribution in [3.05, 3.63) is 23.3 Å². The number of aromatic amines is 1. The molecule has 0 saturated heterocycles. The zero-order valence-corrected chi connectivity index (χ0v) is 5.85. The summed E-state index contributed by atoms with van der Waals surface area (Å²) < 4.78 is 0. The Hall–Kier alpha value is -1.16. The van der Waals surface area contributed by atoms with Crippen LogP contribution in [0.2, 0.25) is 0 Å². The summed E-state index contributed by atoms with van der Waals surface area (Å²) in [6, 6.07) is 0. The molecule has 0 saturated carbocycles. The summed E-state index contributed by atoms with van der Waals surface area (Å²) in [4.78, 5) is 3.99. The summed E-state index contributed by atoms with van der Waals surface area (Å²) in [6.07, 6.45) is 3.55. The first-order chi connectivity index (χ1) is 4.97. The van der Waals surface area contributed by atoms with Gasteiger partial charge in [0, 0.05) is 17.1 Å². The largest absolute Gasteiger partial charge is 0.285 e. The van der Waals surface area contributed by atoms with E-state index in [1.165, 1.54) is 11.3 Å². The van der Waals surface area contributed by atoms with Crippen molar-refractivity contribution in [1.29, 1.82) is 0 Å². The highest BCUT2D eigenvalue weighted by Crippen LogP contribution is 2.15. The summed E-state index contributed by atoms with van der Waals surface area (Å²) >= 11 is 1.46. The van der Waals surface area contributed by atoms with Crippen LogP contribution in [0.25, 0.3) is 11.3 Å². The normalized spacial score (nSPS) is 10.0. The minimum atomic E-state index is 0.929. The van der Waals surface area contributed by atoms with Gasteiger partial charge in [0.2, 0.25) is 0 Å². The van der Waals surface area contributed by atoms with Crippen LogP contribution in [0, 0.1) is 5.51 Å². The third-order valence-corrected chi connectivity index (χ3v) is 1.72. The maximum atomic E-state index is 3.99. The van der Waals surface area contributed by atoms with Crippen LogP contribution in [0.5, 0.6) is 0 Å². The molecular formula is C6H4N3S. The molecule has 0 aliphatic carbocycles. The van der Waals surface area contributed by atoms with Gasteiger partial charge in [-0.25, -0.2) is 4.98 Å². The second-order valence-corrected chi connectivity index (χ2v) is 2.46. The molecule has 49 valence electrons. The molecule has 0 aliphatic heterocycles. The number of hydrogen-bond acceptors (Lipinski definition) is 3. The number of aromatic nitrogens is 3. The third kappa shape index (κ3) is 0.823. The molecular weight excluding hydrogens is 146 g/mol. The van der Waals surface area contributed by atoms with E-state index in [1.807, 2.05) is 11.6 Å². The Morgan fingerprint density at radius 3 is 3.20 bits per heavy atom. The van der Waals surface area contributed by atoms with Gasteiger partial charge in [-0.3, -0.25) is 5.10 Å². The van der Waals surface area contributed by atoms with Crippen molar-refractivity contribution in [2.75, 3.05) is 0 Å². The fraction of sp³-hybridized carbons (Fsp3) is 0. The van der Waals surface area contributed by atoms with Gasteiger partial charge in [-0.1, -0.05) is 0 Å². The summed E-state index contributed by atoms with van der Waals surface area (Å²) in [5.41, 5.74) is 4.71. The van der Waals surface area contributed by atoms with Gasteiger partial charge in [0.25, 0.3) is 0 Å². The Balaban J connectivity index is 2.48. The van der Waals surface area contributed by atoms with E-state index in [0.29, 0.717) is 0 Å². The lowest BCUT2D eigenvalue weighted by molar-refractivity contribution is 1.09.